The van der Waals surface area contributed by atoms with E-state index in [0.717, 1.165) is 48.9 Å². The lowest BCUT2D eigenvalue weighted by Gasteiger charge is -2.05. The highest BCUT2D eigenvalue weighted by molar-refractivity contribution is 5.55. The molecule has 124 valence electrons. The fourth-order valence-corrected chi connectivity index (χ4v) is 3.20. The molecule has 0 spiro atoms. The number of rotatable bonds is 4. The maximum atomic E-state index is 5.46. The van der Waals surface area contributed by atoms with E-state index in [9.17, 15) is 0 Å². The molecule has 0 aliphatic carbocycles. The third kappa shape index (κ3) is 2.97. The SMILES string of the molecule is Cc1cc(C)n(Cc2cccc(-c3noc([C@H]4CCNC4)n3)c2)n1. The first-order chi connectivity index (χ1) is 11.7. The molecule has 4 rings (SSSR count). The van der Waals surface area contributed by atoms with Crippen molar-refractivity contribution in [3.8, 4) is 11.4 Å². The lowest BCUT2D eigenvalue weighted by molar-refractivity contribution is 0.359. The van der Waals surface area contributed by atoms with Gasteiger partial charge in [0.05, 0.1) is 18.2 Å². The molecule has 1 aliphatic rings. The van der Waals surface area contributed by atoms with E-state index in [1.165, 1.54) is 5.56 Å². The van der Waals surface area contributed by atoms with Gasteiger partial charge in [-0.05, 0) is 44.5 Å². The second-order valence-corrected chi connectivity index (χ2v) is 6.43. The molecule has 0 amide bonds. The Labute approximate surface area is 140 Å². The van der Waals surface area contributed by atoms with Gasteiger partial charge in [0.2, 0.25) is 11.7 Å². The van der Waals surface area contributed by atoms with E-state index >= 15 is 0 Å². The first-order valence-electron chi connectivity index (χ1n) is 8.34. The van der Waals surface area contributed by atoms with Crippen LogP contribution in [0.2, 0.25) is 0 Å². The van der Waals surface area contributed by atoms with Crippen LogP contribution in [0.15, 0.2) is 34.9 Å². The van der Waals surface area contributed by atoms with Gasteiger partial charge in [0, 0.05) is 17.8 Å². The van der Waals surface area contributed by atoms with Gasteiger partial charge in [-0.1, -0.05) is 23.4 Å². The van der Waals surface area contributed by atoms with Crippen molar-refractivity contribution in [3.63, 3.8) is 0 Å². The summed E-state index contributed by atoms with van der Waals surface area (Å²) in [6, 6.07) is 10.3. The smallest absolute Gasteiger partial charge is 0.231 e. The first-order valence-corrected chi connectivity index (χ1v) is 8.34. The van der Waals surface area contributed by atoms with Crippen molar-refractivity contribution in [1.29, 1.82) is 0 Å². The average molecular weight is 323 g/mol. The van der Waals surface area contributed by atoms with E-state index in [1.54, 1.807) is 0 Å². The fraction of sp³-hybridized carbons (Fsp3) is 0.389. The second-order valence-electron chi connectivity index (χ2n) is 6.43. The molecule has 2 aromatic heterocycles. The van der Waals surface area contributed by atoms with Crippen LogP contribution < -0.4 is 5.32 Å². The Hall–Kier alpha value is -2.47. The van der Waals surface area contributed by atoms with Crippen molar-refractivity contribution < 1.29 is 4.52 Å². The van der Waals surface area contributed by atoms with E-state index in [-0.39, 0.29) is 0 Å². The van der Waals surface area contributed by atoms with Crippen molar-refractivity contribution in [3.05, 3.63) is 53.2 Å². The summed E-state index contributed by atoms with van der Waals surface area (Å²) < 4.78 is 7.48. The number of nitrogens with zero attached hydrogens (tertiary/aromatic N) is 4. The Morgan fingerprint density at radius 2 is 2.21 bits per heavy atom. The second kappa shape index (κ2) is 6.20. The molecule has 3 heterocycles. The summed E-state index contributed by atoms with van der Waals surface area (Å²) in [7, 11) is 0. The number of hydrogen-bond donors (Lipinski definition) is 1. The van der Waals surface area contributed by atoms with Crippen LogP contribution in [0.4, 0.5) is 0 Å². The first kappa shape index (κ1) is 15.1. The van der Waals surface area contributed by atoms with Crippen molar-refractivity contribution in [2.24, 2.45) is 0 Å². The summed E-state index contributed by atoms with van der Waals surface area (Å²) in [5.41, 5.74) is 4.35. The molecule has 6 nitrogen and oxygen atoms in total. The molecule has 1 aliphatic heterocycles. The van der Waals surface area contributed by atoms with Crippen molar-refractivity contribution in [2.75, 3.05) is 13.1 Å². The van der Waals surface area contributed by atoms with Crippen LogP contribution in [0.5, 0.6) is 0 Å². The number of benzene rings is 1. The van der Waals surface area contributed by atoms with Crippen LogP contribution in [-0.2, 0) is 6.54 Å². The summed E-state index contributed by atoms with van der Waals surface area (Å²) in [6.07, 6.45) is 1.06. The molecule has 1 aromatic carbocycles. The summed E-state index contributed by atoms with van der Waals surface area (Å²) in [6.45, 7) is 6.76. The van der Waals surface area contributed by atoms with E-state index in [0.29, 0.717) is 11.7 Å². The van der Waals surface area contributed by atoms with Gasteiger partial charge in [0.25, 0.3) is 0 Å². The van der Waals surface area contributed by atoms with Crippen LogP contribution in [-0.4, -0.2) is 33.0 Å². The molecule has 1 N–H and O–H groups in total. The number of aryl methyl sites for hydroxylation is 2. The van der Waals surface area contributed by atoms with Gasteiger partial charge in [-0.15, -0.1) is 0 Å². The highest BCUT2D eigenvalue weighted by Gasteiger charge is 2.23. The minimum absolute atomic E-state index is 0.337. The number of hydrogen-bond acceptors (Lipinski definition) is 5. The molecule has 0 radical (unpaired) electrons. The fourth-order valence-electron chi connectivity index (χ4n) is 3.20. The zero-order valence-electron chi connectivity index (χ0n) is 14.0. The molecule has 3 aromatic rings. The monoisotopic (exact) mass is 323 g/mol. The quantitative estimate of drug-likeness (QED) is 0.799. The van der Waals surface area contributed by atoms with Crippen LogP contribution in [0.25, 0.3) is 11.4 Å². The predicted octanol–water partition coefficient (Wildman–Crippen LogP) is 2.68. The average Bonchev–Trinajstić information content (AvgIpc) is 3.29. The molecule has 1 atom stereocenters. The van der Waals surface area contributed by atoms with Crippen molar-refractivity contribution >= 4 is 0 Å². The highest BCUT2D eigenvalue weighted by Crippen LogP contribution is 2.24. The Morgan fingerprint density at radius 3 is 2.96 bits per heavy atom. The predicted molar refractivity (Wildman–Crippen MR) is 90.8 cm³/mol. The summed E-state index contributed by atoms with van der Waals surface area (Å²) >= 11 is 0. The lowest BCUT2D eigenvalue weighted by atomic mass is 10.1. The highest BCUT2D eigenvalue weighted by atomic mass is 16.5. The minimum atomic E-state index is 0.337. The Kier molecular flexibility index (Phi) is 3.90. The molecule has 0 saturated carbocycles. The molecule has 0 bridgehead atoms. The molecule has 1 saturated heterocycles. The van der Waals surface area contributed by atoms with E-state index < -0.39 is 0 Å². The van der Waals surface area contributed by atoms with Crippen molar-refractivity contribution in [1.82, 2.24) is 25.2 Å². The third-order valence-corrected chi connectivity index (χ3v) is 4.47. The zero-order valence-corrected chi connectivity index (χ0v) is 14.0. The minimum Gasteiger partial charge on any atom is -0.339 e. The van der Waals surface area contributed by atoms with Crippen molar-refractivity contribution in [2.45, 2.75) is 32.7 Å². The Bertz CT molecular complexity index is 845. The maximum Gasteiger partial charge on any atom is 0.231 e. The largest absolute Gasteiger partial charge is 0.339 e. The molecule has 1 fully saturated rings. The van der Waals surface area contributed by atoms with Crippen LogP contribution in [0.1, 0.15) is 35.2 Å². The topological polar surface area (TPSA) is 68.8 Å². The lowest BCUT2D eigenvalue weighted by Crippen LogP contribution is -2.08. The molecule has 0 unspecified atom stereocenters. The normalized spacial score (nSPS) is 17.5. The van der Waals surface area contributed by atoms with E-state index in [1.807, 2.05) is 23.7 Å². The Balaban J connectivity index is 1.57. The maximum absolute atomic E-state index is 5.46. The molecule has 6 heteroatoms. The van der Waals surface area contributed by atoms with Gasteiger partial charge in [-0.25, -0.2) is 0 Å². The van der Waals surface area contributed by atoms with Gasteiger partial charge < -0.3 is 9.84 Å². The van der Waals surface area contributed by atoms with E-state index in [2.05, 4.69) is 45.7 Å². The van der Waals surface area contributed by atoms with Gasteiger partial charge in [0.1, 0.15) is 0 Å². The van der Waals surface area contributed by atoms with Gasteiger partial charge in [-0.2, -0.15) is 10.1 Å². The molecular weight excluding hydrogens is 302 g/mol. The number of aromatic nitrogens is 4. The summed E-state index contributed by atoms with van der Waals surface area (Å²) in [5.74, 6) is 1.73. The Morgan fingerprint density at radius 1 is 1.29 bits per heavy atom. The van der Waals surface area contributed by atoms with Gasteiger partial charge in [0.15, 0.2) is 0 Å². The van der Waals surface area contributed by atoms with Gasteiger partial charge >= 0.3 is 0 Å². The summed E-state index contributed by atoms with van der Waals surface area (Å²) in [4.78, 5) is 4.59. The number of nitrogens with one attached hydrogen (secondary N) is 1. The zero-order chi connectivity index (χ0) is 16.5. The van der Waals surface area contributed by atoms with Crippen LogP contribution in [0, 0.1) is 13.8 Å². The standard InChI is InChI=1S/C18H21N5O/c1-12-8-13(2)23(21-12)11-14-4-3-5-15(9-14)17-20-18(24-22-17)16-6-7-19-10-16/h3-5,8-9,16,19H,6-7,10-11H2,1-2H3/t16-/m0/s1. The third-order valence-electron chi connectivity index (χ3n) is 4.47. The van der Waals surface area contributed by atoms with E-state index in [4.69, 9.17) is 4.52 Å². The van der Waals surface area contributed by atoms with Gasteiger partial charge in [-0.3, -0.25) is 4.68 Å². The molecular formula is C18H21N5O. The van der Waals surface area contributed by atoms with Crippen LogP contribution >= 0.6 is 0 Å². The molecule has 24 heavy (non-hydrogen) atoms. The summed E-state index contributed by atoms with van der Waals surface area (Å²) in [5, 5.41) is 12.0. The van der Waals surface area contributed by atoms with Crippen LogP contribution in [0.3, 0.4) is 0 Å².